The van der Waals surface area contributed by atoms with Crippen molar-refractivity contribution in [3.8, 4) is 0 Å². The van der Waals surface area contributed by atoms with Crippen LogP contribution in [0.15, 0.2) is 42.5 Å². The van der Waals surface area contributed by atoms with Crippen LogP contribution in [-0.4, -0.2) is 11.9 Å². The number of nitrogens with one attached hydrogen (secondary N) is 2. The summed E-state index contributed by atoms with van der Waals surface area (Å²) in [5.74, 6) is -0.503. The summed E-state index contributed by atoms with van der Waals surface area (Å²) in [7, 11) is 0. The lowest BCUT2D eigenvalue weighted by Gasteiger charge is -2.16. The van der Waals surface area contributed by atoms with E-state index in [9.17, 15) is 9.18 Å². The zero-order chi connectivity index (χ0) is 15.4. The number of amides is 1. The van der Waals surface area contributed by atoms with Gasteiger partial charge in [-0.3, -0.25) is 4.79 Å². The van der Waals surface area contributed by atoms with Crippen molar-refractivity contribution in [2.75, 3.05) is 10.6 Å². The molecule has 0 saturated heterocycles. The normalized spacial score (nSPS) is 11.8. The molecule has 110 valence electrons. The first-order valence-electron chi connectivity index (χ1n) is 6.55. The van der Waals surface area contributed by atoms with E-state index >= 15 is 0 Å². The molecule has 0 aliphatic heterocycles. The molecule has 3 nitrogen and oxygen atoms in total. The lowest BCUT2D eigenvalue weighted by molar-refractivity contribution is -0.116. The number of benzene rings is 2. The molecular formula is C16H16ClFN2O. The number of hydrogen-bond acceptors (Lipinski definition) is 2. The molecule has 0 heterocycles. The number of anilines is 2. The van der Waals surface area contributed by atoms with E-state index in [2.05, 4.69) is 10.6 Å². The Kier molecular flexibility index (Phi) is 4.81. The van der Waals surface area contributed by atoms with Gasteiger partial charge in [0.1, 0.15) is 11.9 Å². The predicted octanol–water partition coefficient (Wildman–Crippen LogP) is 4.23. The summed E-state index contributed by atoms with van der Waals surface area (Å²) in [5.41, 5.74) is 2.18. The minimum absolute atomic E-state index is 0.190. The summed E-state index contributed by atoms with van der Waals surface area (Å²) in [6, 6.07) is 10.7. The second-order valence-corrected chi connectivity index (χ2v) is 5.18. The molecule has 5 heteroatoms. The summed E-state index contributed by atoms with van der Waals surface area (Å²) in [4.78, 5) is 12.2. The summed E-state index contributed by atoms with van der Waals surface area (Å²) >= 11 is 6.02. The number of halogens is 2. The van der Waals surface area contributed by atoms with Gasteiger partial charge in [0, 0.05) is 16.4 Å². The van der Waals surface area contributed by atoms with Crippen molar-refractivity contribution >= 4 is 28.9 Å². The Bertz CT molecular complexity index is 643. The van der Waals surface area contributed by atoms with E-state index in [0.29, 0.717) is 16.4 Å². The summed E-state index contributed by atoms with van der Waals surface area (Å²) in [5, 5.41) is 6.44. The van der Waals surface area contributed by atoms with Crippen LogP contribution in [0.25, 0.3) is 0 Å². The predicted molar refractivity (Wildman–Crippen MR) is 84.3 cm³/mol. The van der Waals surface area contributed by atoms with Gasteiger partial charge in [0.05, 0.1) is 0 Å². The van der Waals surface area contributed by atoms with Crippen molar-refractivity contribution in [3.05, 3.63) is 58.9 Å². The minimum Gasteiger partial charge on any atom is -0.374 e. The highest BCUT2D eigenvalue weighted by atomic mass is 35.5. The van der Waals surface area contributed by atoms with Gasteiger partial charge in [-0.1, -0.05) is 17.7 Å². The van der Waals surface area contributed by atoms with Crippen LogP contribution in [0.1, 0.15) is 12.5 Å². The topological polar surface area (TPSA) is 41.1 Å². The molecule has 2 N–H and O–H groups in total. The van der Waals surface area contributed by atoms with Gasteiger partial charge in [0.25, 0.3) is 0 Å². The van der Waals surface area contributed by atoms with E-state index in [0.717, 1.165) is 5.56 Å². The molecule has 2 aromatic carbocycles. The highest BCUT2D eigenvalue weighted by Gasteiger charge is 2.14. The van der Waals surface area contributed by atoms with Crippen molar-refractivity contribution in [1.29, 1.82) is 0 Å². The minimum atomic E-state index is -0.464. The molecule has 2 rings (SSSR count). The monoisotopic (exact) mass is 306 g/mol. The maximum atomic E-state index is 12.8. The second-order valence-electron chi connectivity index (χ2n) is 4.77. The van der Waals surface area contributed by atoms with Crippen LogP contribution in [0.3, 0.4) is 0 Å². The smallest absolute Gasteiger partial charge is 0.246 e. The van der Waals surface area contributed by atoms with Crippen LogP contribution < -0.4 is 10.6 Å². The maximum Gasteiger partial charge on any atom is 0.246 e. The van der Waals surface area contributed by atoms with E-state index in [1.54, 1.807) is 37.3 Å². The van der Waals surface area contributed by atoms with Gasteiger partial charge in [-0.05, 0) is 55.8 Å². The molecule has 0 bridgehead atoms. The van der Waals surface area contributed by atoms with Crippen LogP contribution in [-0.2, 0) is 4.79 Å². The van der Waals surface area contributed by atoms with Gasteiger partial charge in [0.15, 0.2) is 0 Å². The SMILES string of the molecule is Cc1c(Cl)cccc1NC(=O)C(C)Nc1ccc(F)cc1. The Hall–Kier alpha value is -2.07. The second kappa shape index (κ2) is 6.59. The van der Waals surface area contributed by atoms with Crippen molar-refractivity contribution in [2.24, 2.45) is 0 Å². The van der Waals surface area contributed by atoms with Crippen molar-refractivity contribution in [3.63, 3.8) is 0 Å². The van der Waals surface area contributed by atoms with Gasteiger partial charge in [-0.2, -0.15) is 0 Å². The Labute approximate surface area is 128 Å². The van der Waals surface area contributed by atoms with Crippen molar-refractivity contribution < 1.29 is 9.18 Å². The van der Waals surface area contributed by atoms with Crippen LogP contribution in [0.5, 0.6) is 0 Å². The fourth-order valence-electron chi connectivity index (χ4n) is 1.85. The molecule has 1 amide bonds. The van der Waals surface area contributed by atoms with E-state index in [1.165, 1.54) is 12.1 Å². The molecular weight excluding hydrogens is 291 g/mol. The van der Waals surface area contributed by atoms with Gasteiger partial charge in [0.2, 0.25) is 5.91 Å². The quantitative estimate of drug-likeness (QED) is 0.887. The first-order chi connectivity index (χ1) is 9.97. The van der Waals surface area contributed by atoms with Gasteiger partial charge in [-0.15, -0.1) is 0 Å². The molecule has 0 radical (unpaired) electrons. The van der Waals surface area contributed by atoms with Crippen LogP contribution >= 0.6 is 11.6 Å². The number of hydrogen-bond donors (Lipinski definition) is 2. The lowest BCUT2D eigenvalue weighted by atomic mass is 10.2. The highest BCUT2D eigenvalue weighted by molar-refractivity contribution is 6.31. The molecule has 0 aromatic heterocycles. The van der Waals surface area contributed by atoms with Gasteiger partial charge < -0.3 is 10.6 Å². The molecule has 1 atom stereocenters. The van der Waals surface area contributed by atoms with Crippen LogP contribution in [0, 0.1) is 12.7 Å². The Morgan fingerprint density at radius 3 is 2.52 bits per heavy atom. The first-order valence-corrected chi connectivity index (χ1v) is 6.93. The van der Waals surface area contributed by atoms with Crippen molar-refractivity contribution in [1.82, 2.24) is 0 Å². The molecule has 0 spiro atoms. The fraction of sp³-hybridized carbons (Fsp3) is 0.188. The molecule has 0 aliphatic rings. The number of carbonyl (C=O) groups excluding carboxylic acids is 1. The number of rotatable bonds is 4. The average Bonchev–Trinajstić information content (AvgIpc) is 2.46. The van der Waals surface area contributed by atoms with E-state index in [4.69, 9.17) is 11.6 Å². The summed E-state index contributed by atoms with van der Waals surface area (Å²) < 4.78 is 12.8. The lowest BCUT2D eigenvalue weighted by Crippen LogP contribution is -2.32. The Morgan fingerprint density at radius 1 is 1.19 bits per heavy atom. The van der Waals surface area contributed by atoms with Gasteiger partial charge >= 0.3 is 0 Å². The fourth-order valence-corrected chi connectivity index (χ4v) is 2.02. The molecule has 0 saturated carbocycles. The van der Waals surface area contributed by atoms with Crippen LogP contribution in [0.2, 0.25) is 5.02 Å². The molecule has 1 unspecified atom stereocenters. The van der Waals surface area contributed by atoms with Gasteiger partial charge in [-0.25, -0.2) is 4.39 Å². The molecule has 21 heavy (non-hydrogen) atoms. The standard InChI is InChI=1S/C16H16ClFN2O/c1-10-14(17)4-3-5-15(10)20-16(21)11(2)19-13-8-6-12(18)7-9-13/h3-9,11,19H,1-2H3,(H,20,21). The van der Waals surface area contributed by atoms with E-state index in [1.807, 2.05) is 6.92 Å². The summed E-state index contributed by atoms with van der Waals surface area (Å²) in [6.07, 6.45) is 0. The van der Waals surface area contributed by atoms with Crippen LogP contribution in [0.4, 0.5) is 15.8 Å². The summed E-state index contributed by atoms with van der Waals surface area (Å²) in [6.45, 7) is 3.58. The zero-order valence-electron chi connectivity index (χ0n) is 11.8. The third-order valence-corrected chi connectivity index (χ3v) is 3.56. The Balaban J connectivity index is 2.02. The van der Waals surface area contributed by atoms with E-state index in [-0.39, 0.29) is 11.7 Å². The number of carbonyl (C=O) groups is 1. The van der Waals surface area contributed by atoms with Crippen molar-refractivity contribution in [2.45, 2.75) is 19.9 Å². The maximum absolute atomic E-state index is 12.8. The molecule has 2 aromatic rings. The molecule has 0 aliphatic carbocycles. The largest absolute Gasteiger partial charge is 0.374 e. The third-order valence-electron chi connectivity index (χ3n) is 3.15. The Morgan fingerprint density at radius 2 is 1.86 bits per heavy atom. The zero-order valence-corrected chi connectivity index (χ0v) is 12.5. The van der Waals surface area contributed by atoms with E-state index < -0.39 is 6.04 Å². The third kappa shape index (κ3) is 3.95. The highest BCUT2D eigenvalue weighted by Crippen LogP contribution is 2.23. The first kappa shape index (κ1) is 15.3. The average molecular weight is 307 g/mol. The molecule has 0 fully saturated rings.